The molecular formula is C16H14N2O. The minimum Gasteiger partial charge on any atom is -0.508 e. The largest absolute Gasteiger partial charge is 0.508 e. The second-order valence-electron chi connectivity index (χ2n) is 4.46. The summed E-state index contributed by atoms with van der Waals surface area (Å²) in [6, 6.07) is 15.4. The summed E-state index contributed by atoms with van der Waals surface area (Å²) in [5.41, 5.74) is 2.11. The molecular weight excluding hydrogens is 236 g/mol. The van der Waals surface area contributed by atoms with Crippen molar-refractivity contribution in [3.63, 3.8) is 0 Å². The van der Waals surface area contributed by atoms with Crippen LogP contribution in [0, 0.1) is 0 Å². The molecule has 0 radical (unpaired) electrons. The van der Waals surface area contributed by atoms with Gasteiger partial charge in [0, 0.05) is 36.1 Å². The lowest BCUT2D eigenvalue weighted by Crippen LogP contribution is -1.98. The first-order chi connectivity index (χ1) is 9.31. The molecule has 0 aliphatic carbocycles. The Balaban J connectivity index is 1.78. The van der Waals surface area contributed by atoms with Crippen molar-refractivity contribution in [2.75, 3.05) is 5.32 Å². The number of hydrogen-bond donors (Lipinski definition) is 2. The molecule has 0 fully saturated rings. The van der Waals surface area contributed by atoms with Crippen molar-refractivity contribution in [3.05, 3.63) is 66.5 Å². The number of rotatable bonds is 3. The van der Waals surface area contributed by atoms with Crippen LogP contribution in [0.4, 0.5) is 5.69 Å². The second kappa shape index (κ2) is 4.98. The molecule has 2 aromatic carbocycles. The van der Waals surface area contributed by atoms with Gasteiger partial charge < -0.3 is 10.4 Å². The third kappa shape index (κ3) is 2.65. The summed E-state index contributed by atoms with van der Waals surface area (Å²) in [6.07, 6.45) is 3.66. The van der Waals surface area contributed by atoms with Crippen LogP contribution < -0.4 is 5.32 Å². The van der Waals surface area contributed by atoms with Gasteiger partial charge in [-0.3, -0.25) is 4.98 Å². The zero-order valence-electron chi connectivity index (χ0n) is 10.4. The van der Waals surface area contributed by atoms with E-state index in [4.69, 9.17) is 0 Å². The molecule has 0 spiro atoms. The van der Waals surface area contributed by atoms with Crippen LogP contribution in [-0.2, 0) is 6.54 Å². The summed E-state index contributed by atoms with van der Waals surface area (Å²) >= 11 is 0. The van der Waals surface area contributed by atoms with Crippen LogP contribution in [-0.4, -0.2) is 10.1 Å². The van der Waals surface area contributed by atoms with E-state index < -0.39 is 0 Å². The molecule has 2 N–H and O–H groups in total. The van der Waals surface area contributed by atoms with Gasteiger partial charge in [-0.2, -0.15) is 0 Å². The third-order valence-corrected chi connectivity index (χ3v) is 3.05. The zero-order valence-corrected chi connectivity index (χ0v) is 10.4. The van der Waals surface area contributed by atoms with Crippen LogP contribution in [0.5, 0.6) is 5.75 Å². The topological polar surface area (TPSA) is 45.1 Å². The van der Waals surface area contributed by atoms with Crippen LogP contribution in [0.1, 0.15) is 5.56 Å². The van der Waals surface area contributed by atoms with Gasteiger partial charge in [-0.25, -0.2) is 0 Å². The predicted octanol–water partition coefficient (Wildman–Crippen LogP) is 3.55. The fourth-order valence-corrected chi connectivity index (χ4v) is 2.06. The molecule has 19 heavy (non-hydrogen) atoms. The number of aromatic hydroxyl groups is 1. The first-order valence-corrected chi connectivity index (χ1v) is 6.17. The van der Waals surface area contributed by atoms with E-state index in [0.717, 1.165) is 17.6 Å². The quantitative estimate of drug-likeness (QED) is 0.747. The molecule has 0 atom stereocenters. The first kappa shape index (κ1) is 11.5. The maximum atomic E-state index is 9.40. The van der Waals surface area contributed by atoms with Crippen molar-refractivity contribution < 1.29 is 5.11 Å². The average Bonchev–Trinajstić information content (AvgIpc) is 2.45. The lowest BCUT2D eigenvalue weighted by atomic mass is 10.1. The number of phenolic OH excluding ortho intramolecular Hbond substituents is 1. The summed E-state index contributed by atoms with van der Waals surface area (Å²) in [7, 11) is 0. The van der Waals surface area contributed by atoms with Crippen molar-refractivity contribution in [2.45, 2.75) is 6.54 Å². The Hall–Kier alpha value is -2.55. The summed E-state index contributed by atoms with van der Waals surface area (Å²) in [6.45, 7) is 0.724. The van der Waals surface area contributed by atoms with Gasteiger partial charge in [-0.15, -0.1) is 0 Å². The normalized spacial score (nSPS) is 10.5. The number of nitrogens with zero attached hydrogens (tertiary/aromatic N) is 1. The van der Waals surface area contributed by atoms with Gasteiger partial charge in [0.25, 0.3) is 0 Å². The Morgan fingerprint density at radius 1 is 1.00 bits per heavy atom. The van der Waals surface area contributed by atoms with E-state index in [1.165, 1.54) is 10.9 Å². The van der Waals surface area contributed by atoms with Crippen molar-refractivity contribution >= 4 is 16.5 Å². The monoisotopic (exact) mass is 250 g/mol. The van der Waals surface area contributed by atoms with Crippen LogP contribution in [0.3, 0.4) is 0 Å². The molecule has 1 aromatic heterocycles. The number of anilines is 1. The van der Waals surface area contributed by atoms with Crippen LogP contribution in [0.25, 0.3) is 10.8 Å². The van der Waals surface area contributed by atoms with E-state index >= 15 is 0 Å². The predicted molar refractivity (Wildman–Crippen MR) is 77.2 cm³/mol. The minimum atomic E-state index is 0.273. The van der Waals surface area contributed by atoms with Crippen LogP contribution >= 0.6 is 0 Å². The average molecular weight is 250 g/mol. The molecule has 0 unspecified atom stereocenters. The standard InChI is InChI=1S/C16H14N2O/c19-16-3-1-2-15(9-16)18-10-12-4-5-14-11-17-7-6-13(14)8-12/h1-9,11,18-19H,10H2. The number of hydrogen-bond acceptors (Lipinski definition) is 3. The van der Waals surface area contributed by atoms with E-state index in [2.05, 4.69) is 28.5 Å². The van der Waals surface area contributed by atoms with E-state index in [1.54, 1.807) is 18.3 Å². The molecule has 94 valence electrons. The lowest BCUT2D eigenvalue weighted by Gasteiger charge is -2.07. The van der Waals surface area contributed by atoms with Crippen molar-refractivity contribution in [1.82, 2.24) is 4.98 Å². The number of benzene rings is 2. The van der Waals surface area contributed by atoms with E-state index in [1.807, 2.05) is 24.4 Å². The van der Waals surface area contributed by atoms with Crippen molar-refractivity contribution in [1.29, 1.82) is 0 Å². The Bertz CT molecular complexity index is 710. The SMILES string of the molecule is Oc1cccc(NCc2ccc3cnccc3c2)c1. The van der Waals surface area contributed by atoms with Gasteiger partial charge in [-0.1, -0.05) is 18.2 Å². The van der Waals surface area contributed by atoms with Gasteiger partial charge in [0.05, 0.1) is 0 Å². The van der Waals surface area contributed by atoms with Crippen LogP contribution in [0.15, 0.2) is 60.9 Å². The maximum absolute atomic E-state index is 9.40. The van der Waals surface area contributed by atoms with Gasteiger partial charge in [0.1, 0.15) is 5.75 Å². The Kier molecular flexibility index (Phi) is 3.02. The molecule has 0 aliphatic rings. The number of phenols is 1. The second-order valence-corrected chi connectivity index (χ2v) is 4.46. The molecule has 0 amide bonds. The summed E-state index contributed by atoms with van der Waals surface area (Å²) in [5.74, 6) is 0.273. The highest BCUT2D eigenvalue weighted by atomic mass is 16.3. The number of fused-ring (bicyclic) bond motifs is 1. The van der Waals surface area contributed by atoms with Gasteiger partial charge in [0.15, 0.2) is 0 Å². The van der Waals surface area contributed by atoms with E-state index in [0.29, 0.717) is 0 Å². The zero-order chi connectivity index (χ0) is 13.1. The van der Waals surface area contributed by atoms with E-state index in [-0.39, 0.29) is 5.75 Å². The molecule has 0 saturated carbocycles. The summed E-state index contributed by atoms with van der Waals surface area (Å²) < 4.78 is 0. The molecule has 0 bridgehead atoms. The molecule has 3 nitrogen and oxygen atoms in total. The number of aromatic nitrogens is 1. The molecule has 0 saturated heterocycles. The number of pyridine rings is 1. The van der Waals surface area contributed by atoms with Gasteiger partial charge in [-0.05, 0) is 35.2 Å². The number of nitrogens with one attached hydrogen (secondary N) is 1. The maximum Gasteiger partial charge on any atom is 0.117 e. The highest BCUT2D eigenvalue weighted by molar-refractivity contribution is 5.82. The highest BCUT2D eigenvalue weighted by Crippen LogP contribution is 2.18. The Morgan fingerprint density at radius 3 is 2.84 bits per heavy atom. The Morgan fingerprint density at radius 2 is 1.95 bits per heavy atom. The van der Waals surface area contributed by atoms with E-state index in [9.17, 15) is 5.11 Å². The van der Waals surface area contributed by atoms with Crippen LogP contribution in [0.2, 0.25) is 0 Å². The minimum absolute atomic E-state index is 0.273. The van der Waals surface area contributed by atoms with Gasteiger partial charge >= 0.3 is 0 Å². The highest BCUT2D eigenvalue weighted by Gasteiger charge is 1.98. The molecule has 3 aromatic rings. The third-order valence-electron chi connectivity index (χ3n) is 3.05. The summed E-state index contributed by atoms with van der Waals surface area (Å²) in [4.78, 5) is 4.10. The fourth-order valence-electron chi connectivity index (χ4n) is 2.06. The van der Waals surface area contributed by atoms with Gasteiger partial charge in [0.2, 0.25) is 0 Å². The fraction of sp³-hybridized carbons (Fsp3) is 0.0625. The van der Waals surface area contributed by atoms with Crippen molar-refractivity contribution in [3.8, 4) is 5.75 Å². The molecule has 0 aliphatic heterocycles. The lowest BCUT2D eigenvalue weighted by molar-refractivity contribution is 0.475. The summed E-state index contributed by atoms with van der Waals surface area (Å²) in [5, 5.41) is 15.0. The molecule has 3 rings (SSSR count). The van der Waals surface area contributed by atoms with Crippen molar-refractivity contribution in [2.24, 2.45) is 0 Å². The smallest absolute Gasteiger partial charge is 0.117 e. The molecule has 3 heteroatoms. The first-order valence-electron chi connectivity index (χ1n) is 6.17. The Labute approximate surface area is 111 Å². The molecule has 1 heterocycles.